The molecule has 0 radical (unpaired) electrons. The van der Waals surface area contributed by atoms with Gasteiger partial charge in [-0.3, -0.25) is 0 Å². The molecule has 0 spiro atoms. The van der Waals surface area contributed by atoms with Crippen LogP contribution in [0.15, 0.2) is 23.6 Å². The number of hydrogen-bond acceptors (Lipinski definition) is 7. The summed E-state index contributed by atoms with van der Waals surface area (Å²) in [5.74, 6) is 0.505. The highest BCUT2D eigenvalue weighted by Gasteiger charge is 2.18. The van der Waals surface area contributed by atoms with E-state index in [1.165, 1.54) is 6.20 Å². The topological polar surface area (TPSA) is 94.1 Å². The number of rotatable bonds is 5. The Kier molecular flexibility index (Phi) is 4.11. The SMILES string of the molecule is COC(C)(C)CNc1nccc2cnc(S(C)(=O)=O)nc12. The Morgan fingerprint density at radius 3 is 2.67 bits per heavy atom. The van der Waals surface area contributed by atoms with E-state index < -0.39 is 9.84 Å². The van der Waals surface area contributed by atoms with Crippen LogP contribution in [0.1, 0.15) is 13.8 Å². The molecule has 0 saturated heterocycles. The van der Waals surface area contributed by atoms with E-state index in [1.54, 1.807) is 19.4 Å². The van der Waals surface area contributed by atoms with E-state index in [9.17, 15) is 8.42 Å². The molecule has 0 bridgehead atoms. The summed E-state index contributed by atoms with van der Waals surface area (Å²) >= 11 is 0. The van der Waals surface area contributed by atoms with Crippen molar-refractivity contribution in [1.82, 2.24) is 15.0 Å². The molecule has 0 aromatic carbocycles. The van der Waals surface area contributed by atoms with Crippen LogP contribution in [0.2, 0.25) is 0 Å². The van der Waals surface area contributed by atoms with Crippen LogP contribution in [0.5, 0.6) is 0 Å². The van der Waals surface area contributed by atoms with Crippen molar-refractivity contribution in [3.63, 3.8) is 0 Å². The van der Waals surface area contributed by atoms with Crippen LogP contribution in [0.4, 0.5) is 5.82 Å². The molecule has 0 aliphatic carbocycles. The predicted octanol–water partition coefficient (Wildman–Crippen LogP) is 1.27. The fourth-order valence-electron chi connectivity index (χ4n) is 1.62. The number of ether oxygens (including phenoxy) is 1. The fraction of sp³-hybridized carbons (Fsp3) is 0.462. The highest BCUT2D eigenvalue weighted by Crippen LogP contribution is 2.20. The second-order valence-electron chi connectivity index (χ2n) is 5.34. The van der Waals surface area contributed by atoms with Gasteiger partial charge < -0.3 is 10.1 Å². The summed E-state index contributed by atoms with van der Waals surface area (Å²) in [5.41, 5.74) is 0.0936. The zero-order chi connectivity index (χ0) is 15.7. The summed E-state index contributed by atoms with van der Waals surface area (Å²) in [7, 11) is -1.83. The molecule has 1 N–H and O–H groups in total. The van der Waals surface area contributed by atoms with Gasteiger partial charge in [0.1, 0.15) is 5.52 Å². The molecule has 2 rings (SSSR count). The van der Waals surface area contributed by atoms with Gasteiger partial charge in [0.2, 0.25) is 15.0 Å². The average molecular weight is 310 g/mol. The summed E-state index contributed by atoms with van der Waals surface area (Å²) in [6, 6.07) is 1.73. The van der Waals surface area contributed by atoms with Crippen molar-refractivity contribution >= 4 is 26.6 Å². The summed E-state index contributed by atoms with van der Waals surface area (Å²) < 4.78 is 28.5. The fourth-order valence-corrected chi connectivity index (χ4v) is 2.12. The third-order valence-electron chi connectivity index (χ3n) is 3.04. The van der Waals surface area contributed by atoms with E-state index in [-0.39, 0.29) is 10.8 Å². The van der Waals surface area contributed by atoms with Crippen LogP contribution in [-0.4, -0.2) is 48.9 Å². The molecule has 2 heterocycles. The maximum Gasteiger partial charge on any atom is 0.247 e. The van der Waals surface area contributed by atoms with Gasteiger partial charge in [-0.05, 0) is 19.9 Å². The number of nitrogens with zero attached hydrogens (tertiary/aromatic N) is 3. The number of aromatic nitrogens is 3. The zero-order valence-corrected chi connectivity index (χ0v) is 13.2. The first-order chi connectivity index (χ1) is 9.73. The number of anilines is 1. The highest BCUT2D eigenvalue weighted by atomic mass is 32.2. The minimum Gasteiger partial charge on any atom is -0.377 e. The highest BCUT2D eigenvalue weighted by molar-refractivity contribution is 7.90. The summed E-state index contributed by atoms with van der Waals surface area (Å²) in [5, 5.41) is 3.64. The smallest absolute Gasteiger partial charge is 0.247 e. The molecule has 8 heteroatoms. The maximum absolute atomic E-state index is 11.6. The lowest BCUT2D eigenvalue weighted by atomic mass is 10.1. The first kappa shape index (κ1) is 15.6. The molecule has 0 atom stereocenters. The number of methoxy groups -OCH3 is 1. The molecule has 2 aromatic rings. The number of nitrogens with one attached hydrogen (secondary N) is 1. The number of fused-ring (bicyclic) bond motifs is 1. The lowest BCUT2D eigenvalue weighted by Crippen LogP contribution is -2.32. The molecule has 0 aliphatic heterocycles. The Morgan fingerprint density at radius 1 is 1.33 bits per heavy atom. The van der Waals surface area contributed by atoms with Crippen LogP contribution >= 0.6 is 0 Å². The molecule has 0 amide bonds. The van der Waals surface area contributed by atoms with Gasteiger partial charge in [0.25, 0.3) is 0 Å². The first-order valence-corrected chi connectivity index (χ1v) is 8.23. The number of hydrogen-bond donors (Lipinski definition) is 1. The Balaban J connectivity index is 2.44. The Morgan fingerprint density at radius 2 is 2.05 bits per heavy atom. The maximum atomic E-state index is 11.6. The quantitative estimate of drug-likeness (QED) is 0.831. The van der Waals surface area contributed by atoms with Crippen molar-refractivity contribution in [3.8, 4) is 0 Å². The molecule has 21 heavy (non-hydrogen) atoms. The van der Waals surface area contributed by atoms with E-state index in [4.69, 9.17) is 4.74 Å². The summed E-state index contributed by atoms with van der Waals surface area (Å²) in [4.78, 5) is 12.2. The average Bonchev–Trinajstić information content (AvgIpc) is 2.43. The second-order valence-corrected chi connectivity index (χ2v) is 7.25. The number of pyridine rings is 1. The third-order valence-corrected chi connectivity index (χ3v) is 3.90. The third kappa shape index (κ3) is 3.64. The molecule has 114 valence electrons. The Bertz CT molecular complexity index is 759. The number of sulfone groups is 1. The lowest BCUT2D eigenvalue weighted by molar-refractivity contribution is 0.0343. The predicted molar refractivity (Wildman–Crippen MR) is 80.0 cm³/mol. The van der Waals surface area contributed by atoms with Gasteiger partial charge in [-0.25, -0.2) is 23.4 Å². The molecule has 2 aromatic heterocycles. The zero-order valence-electron chi connectivity index (χ0n) is 12.4. The van der Waals surface area contributed by atoms with Crippen LogP contribution in [0, 0.1) is 0 Å². The summed E-state index contributed by atoms with van der Waals surface area (Å²) in [6.07, 6.45) is 4.17. The minimum atomic E-state index is -3.46. The van der Waals surface area contributed by atoms with E-state index in [0.29, 0.717) is 17.9 Å². The van der Waals surface area contributed by atoms with Crippen molar-refractivity contribution < 1.29 is 13.2 Å². The van der Waals surface area contributed by atoms with E-state index in [0.717, 1.165) is 11.6 Å². The molecule has 0 saturated carbocycles. The van der Waals surface area contributed by atoms with Gasteiger partial charge in [-0.2, -0.15) is 0 Å². The van der Waals surface area contributed by atoms with Gasteiger partial charge >= 0.3 is 0 Å². The van der Waals surface area contributed by atoms with Gasteiger partial charge in [0.15, 0.2) is 5.82 Å². The Hall–Kier alpha value is -1.80. The lowest BCUT2D eigenvalue weighted by Gasteiger charge is -2.23. The van der Waals surface area contributed by atoms with E-state index >= 15 is 0 Å². The van der Waals surface area contributed by atoms with E-state index in [1.807, 2.05) is 13.8 Å². The minimum absolute atomic E-state index is 0.211. The normalized spacial score (nSPS) is 12.6. The summed E-state index contributed by atoms with van der Waals surface area (Å²) in [6.45, 7) is 4.37. The van der Waals surface area contributed by atoms with Crippen LogP contribution in [0.3, 0.4) is 0 Å². The standard InChI is InChI=1S/C13H18N4O3S/c1-13(2,20-3)8-16-11-10-9(5-6-14-11)7-15-12(17-10)21(4,18)19/h5-7H,8H2,1-4H3,(H,14,16). The molecular formula is C13H18N4O3S. The van der Waals surface area contributed by atoms with Crippen molar-refractivity contribution in [2.24, 2.45) is 0 Å². The van der Waals surface area contributed by atoms with Gasteiger partial charge in [0, 0.05) is 37.7 Å². The molecular weight excluding hydrogens is 292 g/mol. The van der Waals surface area contributed by atoms with Crippen LogP contribution in [-0.2, 0) is 14.6 Å². The van der Waals surface area contributed by atoms with Gasteiger partial charge in [-0.1, -0.05) is 0 Å². The van der Waals surface area contributed by atoms with Crippen molar-refractivity contribution in [3.05, 3.63) is 18.5 Å². The van der Waals surface area contributed by atoms with Crippen molar-refractivity contribution in [2.45, 2.75) is 24.6 Å². The van der Waals surface area contributed by atoms with Gasteiger partial charge in [0.05, 0.1) is 5.60 Å². The van der Waals surface area contributed by atoms with Crippen LogP contribution < -0.4 is 5.32 Å². The van der Waals surface area contributed by atoms with Gasteiger partial charge in [-0.15, -0.1) is 0 Å². The molecule has 0 fully saturated rings. The molecule has 7 nitrogen and oxygen atoms in total. The monoisotopic (exact) mass is 310 g/mol. The largest absolute Gasteiger partial charge is 0.377 e. The first-order valence-electron chi connectivity index (χ1n) is 6.34. The van der Waals surface area contributed by atoms with Crippen LogP contribution in [0.25, 0.3) is 10.9 Å². The molecule has 0 aliphatic rings. The van der Waals surface area contributed by atoms with Crippen molar-refractivity contribution in [2.75, 3.05) is 25.2 Å². The van der Waals surface area contributed by atoms with Crippen molar-refractivity contribution in [1.29, 1.82) is 0 Å². The molecule has 0 unspecified atom stereocenters. The Labute approximate surface area is 123 Å². The van der Waals surface area contributed by atoms with E-state index in [2.05, 4.69) is 20.3 Å². The second kappa shape index (κ2) is 5.53.